The summed E-state index contributed by atoms with van der Waals surface area (Å²) < 4.78 is 13.7. The Bertz CT molecular complexity index is 615. The van der Waals surface area contributed by atoms with Gasteiger partial charge in [0.1, 0.15) is 5.82 Å². The zero-order valence-corrected chi connectivity index (χ0v) is 12.5. The maximum Gasteiger partial charge on any atom is 0.225 e. The van der Waals surface area contributed by atoms with Crippen LogP contribution >= 0.6 is 11.6 Å². The van der Waals surface area contributed by atoms with Gasteiger partial charge in [-0.15, -0.1) is 0 Å². The second-order valence-corrected chi connectivity index (χ2v) is 5.29. The Morgan fingerprint density at radius 1 is 1.24 bits per heavy atom. The van der Waals surface area contributed by atoms with Gasteiger partial charge in [0.25, 0.3) is 0 Å². The van der Waals surface area contributed by atoms with Gasteiger partial charge < -0.3 is 5.32 Å². The molecule has 110 valence electrons. The van der Waals surface area contributed by atoms with Gasteiger partial charge in [-0.2, -0.15) is 0 Å². The number of halogens is 2. The van der Waals surface area contributed by atoms with Gasteiger partial charge in [0.05, 0.1) is 12.5 Å². The molecule has 0 heterocycles. The molecule has 2 nitrogen and oxygen atoms in total. The number of carbonyl (C=O) groups excluding carboxylic acids is 1. The van der Waals surface area contributed by atoms with Crippen molar-refractivity contribution in [3.05, 3.63) is 70.5 Å². The Morgan fingerprint density at radius 2 is 1.95 bits per heavy atom. The predicted octanol–water partition coefficient (Wildman–Crippen LogP) is 4.29. The van der Waals surface area contributed by atoms with E-state index < -0.39 is 5.82 Å². The summed E-state index contributed by atoms with van der Waals surface area (Å²) in [6.45, 7) is 2.00. The van der Waals surface area contributed by atoms with E-state index in [1.807, 2.05) is 37.3 Å². The monoisotopic (exact) mass is 305 g/mol. The first-order chi connectivity index (χ1) is 10.1. The lowest BCUT2D eigenvalue weighted by Gasteiger charge is -2.17. The maximum absolute atomic E-state index is 13.7. The van der Waals surface area contributed by atoms with Crippen molar-refractivity contribution in [2.75, 3.05) is 0 Å². The Morgan fingerprint density at radius 3 is 2.57 bits per heavy atom. The number of hydrogen-bond acceptors (Lipinski definition) is 1. The molecule has 0 aromatic heterocycles. The van der Waals surface area contributed by atoms with Crippen LogP contribution in [-0.2, 0) is 11.2 Å². The average molecular weight is 306 g/mol. The fourth-order valence-electron chi connectivity index (χ4n) is 2.19. The number of hydrogen-bond donors (Lipinski definition) is 1. The predicted molar refractivity (Wildman–Crippen MR) is 82.7 cm³/mol. The lowest BCUT2D eigenvalue weighted by molar-refractivity contribution is -0.121. The van der Waals surface area contributed by atoms with Crippen molar-refractivity contribution in [1.29, 1.82) is 0 Å². The molecular weight excluding hydrogens is 289 g/mol. The van der Waals surface area contributed by atoms with E-state index in [0.29, 0.717) is 10.6 Å². The highest BCUT2D eigenvalue weighted by molar-refractivity contribution is 6.30. The highest BCUT2D eigenvalue weighted by atomic mass is 35.5. The third kappa shape index (κ3) is 4.30. The minimum absolute atomic E-state index is 0.00629. The second kappa shape index (κ2) is 7.23. The Hall–Kier alpha value is -1.87. The van der Waals surface area contributed by atoms with Gasteiger partial charge in [-0.05, 0) is 29.7 Å². The standard InChI is InChI=1S/C17H17ClFNO/c1-2-16(12-6-4-3-5-7-12)20-17(21)10-13-8-9-14(18)11-15(13)19/h3-9,11,16H,2,10H2,1H3,(H,20,21)/t16-/m0/s1. The zero-order valence-electron chi connectivity index (χ0n) is 11.8. The molecule has 0 fully saturated rings. The van der Waals surface area contributed by atoms with Crippen molar-refractivity contribution in [3.8, 4) is 0 Å². The first-order valence-electron chi connectivity index (χ1n) is 6.88. The van der Waals surface area contributed by atoms with Gasteiger partial charge >= 0.3 is 0 Å². The van der Waals surface area contributed by atoms with Crippen molar-refractivity contribution in [2.24, 2.45) is 0 Å². The van der Waals surface area contributed by atoms with E-state index in [-0.39, 0.29) is 18.4 Å². The molecule has 4 heteroatoms. The summed E-state index contributed by atoms with van der Waals surface area (Å²) >= 11 is 5.70. The van der Waals surface area contributed by atoms with E-state index in [0.717, 1.165) is 12.0 Å². The first-order valence-corrected chi connectivity index (χ1v) is 7.26. The molecule has 2 rings (SSSR count). The summed E-state index contributed by atoms with van der Waals surface area (Å²) in [4.78, 5) is 12.1. The topological polar surface area (TPSA) is 29.1 Å². The Labute approximate surface area is 128 Å². The third-order valence-electron chi connectivity index (χ3n) is 3.31. The minimum atomic E-state index is -0.453. The van der Waals surface area contributed by atoms with Crippen LogP contribution in [0.15, 0.2) is 48.5 Å². The van der Waals surface area contributed by atoms with E-state index in [9.17, 15) is 9.18 Å². The van der Waals surface area contributed by atoms with Crippen molar-refractivity contribution in [2.45, 2.75) is 25.8 Å². The van der Waals surface area contributed by atoms with Gasteiger partial charge in [-0.1, -0.05) is 54.9 Å². The number of benzene rings is 2. The van der Waals surface area contributed by atoms with Crippen LogP contribution in [-0.4, -0.2) is 5.91 Å². The molecule has 21 heavy (non-hydrogen) atoms. The molecule has 2 aromatic rings. The van der Waals surface area contributed by atoms with E-state index in [1.54, 1.807) is 12.1 Å². The largest absolute Gasteiger partial charge is 0.349 e. The molecule has 0 saturated heterocycles. The average Bonchev–Trinajstić information content (AvgIpc) is 2.48. The molecule has 1 amide bonds. The van der Waals surface area contributed by atoms with E-state index in [2.05, 4.69) is 5.32 Å². The van der Waals surface area contributed by atoms with Crippen molar-refractivity contribution < 1.29 is 9.18 Å². The zero-order chi connectivity index (χ0) is 15.2. The van der Waals surface area contributed by atoms with Crippen LogP contribution in [0.1, 0.15) is 30.5 Å². The fourth-order valence-corrected chi connectivity index (χ4v) is 2.35. The molecule has 1 N–H and O–H groups in total. The molecule has 0 bridgehead atoms. The Balaban J connectivity index is 2.03. The molecule has 0 spiro atoms. The minimum Gasteiger partial charge on any atom is -0.349 e. The van der Waals surface area contributed by atoms with Gasteiger partial charge in [-0.25, -0.2) is 4.39 Å². The Kier molecular flexibility index (Phi) is 5.34. The lowest BCUT2D eigenvalue weighted by Crippen LogP contribution is -2.29. The summed E-state index contributed by atoms with van der Waals surface area (Å²) in [7, 11) is 0. The fraction of sp³-hybridized carbons (Fsp3) is 0.235. The summed E-state index contributed by atoms with van der Waals surface area (Å²) in [6.07, 6.45) is 0.783. The second-order valence-electron chi connectivity index (χ2n) is 4.85. The summed E-state index contributed by atoms with van der Waals surface area (Å²) in [5, 5.41) is 3.26. The SMILES string of the molecule is CC[C@H](NC(=O)Cc1ccc(Cl)cc1F)c1ccccc1. The molecular formula is C17H17ClFNO. The van der Waals surface area contributed by atoms with Gasteiger partial charge in [0.2, 0.25) is 5.91 Å². The molecule has 0 aliphatic carbocycles. The number of nitrogens with one attached hydrogen (secondary N) is 1. The quantitative estimate of drug-likeness (QED) is 0.877. The van der Waals surface area contributed by atoms with Crippen LogP contribution in [0.5, 0.6) is 0 Å². The highest BCUT2D eigenvalue weighted by Crippen LogP contribution is 2.18. The first kappa shape index (κ1) is 15.5. The van der Waals surface area contributed by atoms with Crippen LogP contribution < -0.4 is 5.32 Å². The van der Waals surface area contributed by atoms with E-state index in [4.69, 9.17) is 11.6 Å². The summed E-state index contributed by atoms with van der Waals surface area (Å²) in [5.41, 5.74) is 1.39. The molecule has 1 atom stereocenters. The summed E-state index contributed by atoms with van der Waals surface area (Å²) in [6, 6.07) is 14.0. The van der Waals surface area contributed by atoms with Crippen LogP contribution in [0, 0.1) is 5.82 Å². The lowest BCUT2D eigenvalue weighted by atomic mass is 10.0. The summed E-state index contributed by atoms with van der Waals surface area (Å²) in [5.74, 6) is -0.655. The third-order valence-corrected chi connectivity index (χ3v) is 3.55. The molecule has 0 saturated carbocycles. The maximum atomic E-state index is 13.7. The molecule has 0 aliphatic rings. The normalized spacial score (nSPS) is 12.0. The number of amides is 1. The van der Waals surface area contributed by atoms with Crippen molar-refractivity contribution in [3.63, 3.8) is 0 Å². The van der Waals surface area contributed by atoms with Crippen LogP contribution in [0.3, 0.4) is 0 Å². The van der Waals surface area contributed by atoms with Gasteiger partial charge in [-0.3, -0.25) is 4.79 Å². The van der Waals surface area contributed by atoms with Gasteiger partial charge in [0.15, 0.2) is 0 Å². The van der Waals surface area contributed by atoms with E-state index >= 15 is 0 Å². The molecule has 0 aliphatic heterocycles. The molecule has 2 aromatic carbocycles. The van der Waals surface area contributed by atoms with Crippen molar-refractivity contribution in [1.82, 2.24) is 5.32 Å². The highest BCUT2D eigenvalue weighted by Gasteiger charge is 2.14. The van der Waals surface area contributed by atoms with Crippen LogP contribution in [0.4, 0.5) is 4.39 Å². The van der Waals surface area contributed by atoms with E-state index in [1.165, 1.54) is 6.07 Å². The van der Waals surface area contributed by atoms with Crippen molar-refractivity contribution >= 4 is 17.5 Å². The number of rotatable bonds is 5. The smallest absolute Gasteiger partial charge is 0.225 e. The van der Waals surface area contributed by atoms with Crippen LogP contribution in [0.2, 0.25) is 5.02 Å². The molecule has 0 radical (unpaired) electrons. The van der Waals surface area contributed by atoms with Gasteiger partial charge in [0, 0.05) is 5.02 Å². The number of carbonyl (C=O) groups is 1. The molecule has 0 unspecified atom stereocenters. The van der Waals surface area contributed by atoms with Crippen LogP contribution in [0.25, 0.3) is 0 Å².